The standard InChI is InChI=1S/C9H17N3O/c1-7-9(8(2)13-3)6-11-12(7)5-4-10/h6,8H,4-5,10H2,1-3H3. The second-order valence-electron chi connectivity index (χ2n) is 3.08. The molecule has 0 aliphatic carbocycles. The molecule has 1 heterocycles. The van der Waals surface area contributed by atoms with Gasteiger partial charge in [-0.25, -0.2) is 0 Å². The van der Waals surface area contributed by atoms with Crippen LogP contribution in [0.15, 0.2) is 6.20 Å². The Morgan fingerprint density at radius 1 is 1.69 bits per heavy atom. The lowest BCUT2D eigenvalue weighted by Crippen LogP contribution is -2.12. The Morgan fingerprint density at radius 3 is 2.92 bits per heavy atom. The van der Waals surface area contributed by atoms with Crippen molar-refractivity contribution in [2.75, 3.05) is 13.7 Å². The molecule has 0 amide bonds. The molecule has 13 heavy (non-hydrogen) atoms. The average Bonchev–Trinajstić information content (AvgIpc) is 2.48. The lowest BCUT2D eigenvalue weighted by atomic mass is 10.2. The third-order valence-electron chi connectivity index (χ3n) is 2.27. The molecule has 0 radical (unpaired) electrons. The van der Waals surface area contributed by atoms with Crippen LogP contribution in [0.4, 0.5) is 0 Å². The Labute approximate surface area is 78.7 Å². The molecule has 2 N–H and O–H groups in total. The molecule has 0 saturated carbocycles. The fraction of sp³-hybridized carbons (Fsp3) is 0.667. The molecule has 4 heteroatoms. The van der Waals surface area contributed by atoms with Gasteiger partial charge in [-0.2, -0.15) is 5.10 Å². The van der Waals surface area contributed by atoms with Crippen LogP contribution >= 0.6 is 0 Å². The molecule has 0 fully saturated rings. The van der Waals surface area contributed by atoms with Gasteiger partial charge in [0.05, 0.1) is 18.8 Å². The van der Waals surface area contributed by atoms with Gasteiger partial charge in [-0.1, -0.05) is 0 Å². The van der Waals surface area contributed by atoms with Crippen molar-refractivity contribution in [1.82, 2.24) is 9.78 Å². The van der Waals surface area contributed by atoms with Crippen LogP contribution in [-0.4, -0.2) is 23.4 Å². The lowest BCUT2D eigenvalue weighted by Gasteiger charge is -2.09. The molecule has 0 saturated heterocycles. The first-order valence-electron chi connectivity index (χ1n) is 4.45. The summed E-state index contributed by atoms with van der Waals surface area (Å²) in [4.78, 5) is 0. The summed E-state index contributed by atoms with van der Waals surface area (Å²) in [5.41, 5.74) is 7.73. The molecular weight excluding hydrogens is 166 g/mol. The number of nitrogens with zero attached hydrogens (tertiary/aromatic N) is 2. The summed E-state index contributed by atoms with van der Waals surface area (Å²) < 4.78 is 7.13. The van der Waals surface area contributed by atoms with E-state index >= 15 is 0 Å². The first-order valence-corrected chi connectivity index (χ1v) is 4.45. The van der Waals surface area contributed by atoms with Gasteiger partial charge in [0.15, 0.2) is 0 Å². The fourth-order valence-electron chi connectivity index (χ4n) is 1.33. The second-order valence-corrected chi connectivity index (χ2v) is 3.08. The minimum Gasteiger partial charge on any atom is -0.377 e. The van der Waals surface area contributed by atoms with Crippen molar-refractivity contribution in [2.45, 2.75) is 26.5 Å². The molecular formula is C9H17N3O. The van der Waals surface area contributed by atoms with Crippen LogP contribution in [0.3, 0.4) is 0 Å². The monoisotopic (exact) mass is 183 g/mol. The second kappa shape index (κ2) is 4.39. The number of hydrogen-bond acceptors (Lipinski definition) is 3. The maximum absolute atomic E-state index is 5.46. The summed E-state index contributed by atoms with van der Waals surface area (Å²) in [5, 5.41) is 4.23. The van der Waals surface area contributed by atoms with Crippen molar-refractivity contribution >= 4 is 0 Å². The fourth-order valence-corrected chi connectivity index (χ4v) is 1.33. The Bertz CT molecular complexity index is 270. The Morgan fingerprint density at radius 2 is 2.38 bits per heavy atom. The van der Waals surface area contributed by atoms with Crippen molar-refractivity contribution in [3.05, 3.63) is 17.5 Å². The van der Waals surface area contributed by atoms with Gasteiger partial charge < -0.3 is 10.5 Å². The van der Waals surface area contributed by atoms with E-state index in [1.807, 2.05) is 24.7 Å². The minimum absolute atomic E-state index is 0.103. The third kappa shape index (κ3) is 2.08. The van der Waals surface area contributed by atoms with Crippen LogP contribution in [0, 0.1) is 6.92 Å². The smallest absolute Gasteiger partial charge is 0.0826 e. The molecule has 0 aliphatic heterocycles. The highest BCUT2D eigenvalue weighted by Crippen LogP contribution is 2.18. The molecule has 0 aromatic carbocycles. The van der Waals surface area contributed by atoms with Crippen LogP contribution in [0.25, 0.3) is 0 Å². The van der Waals surface area contributed by atoms with Gasteiger partial charge in [0.2, 0.25) is 0 Å². The van der Waals surface area contributed by atoms with E-state index in [1.165, 1.54) is 0 Å². The van der Waals surface area contributed by atoms with Crippen molar-refractivity contribution in [3.8, 4) is 0 Å². The van der Waals surface area contributed by atoms with Gasteiger partial charge >= 0.3 is 0 Å². The Hall–Kier alpha value is -0.870. The highest BCUT2D eigenvalue weighted by molar-refractivity contribution is 5.18. The van der Waals surface area contributed by atoms with E-state index in [4.69, 9.17) is 10.5 Å². The van der Waals surface area contributed by atoms with Gasteiger partial charge in [0.25, 0.3) is 0 Å². The predicted molar refractivity (Wildman–Crippen MR) is 51.4 cm³/mol. The van der Waals surface area contributed by atoms with Crippen molar-refractivity contribution in [1.29, 1.82) is 0 Å². The van der Waals surface area contributed by atoms with Crippen molar-refractivity contribution in [2.24, 2.45) is 5.73 Å². The molecule has 0 bridgehead atoms. The van der Waals surface area contributed by atoms with Crippen molar-refractivity contribution < 1.29 is 4.74 Å². The molecule has 1 unspecified atom stereocenters. The first kappa shape index (κ1) is 10.2. The molecule has 1 aromatic rings. The number of methoxy groups -OCH3 is 1. The van der Waals surface area contributed by atoms with E-state index in [9.17, 15) is 0 Å². The van der Waals surface area contributed by atoms with E-state index < -0.39 is 0 Å². The normalized spacial score (nSPS) is 13.2. The number of ether oxygens (including phenoxy) is 1. The maximum atomic E-state index is 5.46. The summed E-state index contributed by atoms with van der Waals surface area (Å²) in [5.74, 6) is 0. The van der Waals surface area contributed by atoms with Gasteiger partial charge in [0, 0.05) is 24.9 Å². The van der Waals surface area contributed by atoms with Crippen LogP contribution < -0.4 is 5.73 Å². The minimum atomic E-state index is 0.103. The van der Waals surface area contributed by atoms with Gasteiger partial charge in [-0.3, -0.25) is 4.68 Å². The number of nitrogens with two attached hydrogens (primary N) is 1. The van der Waals surface area contributed by atoms with E-state index in [-0.39, 0.29) is 6.10 Å². The van der Waals surface area contributed by atoms with Gasteiger partial charge in [-0.05, 0) is 13.8 Å². The molecule has 1 atom stereocenters. The maximum Gasteiger partial charge on any atom is 0.0826 e. The Balaban J connectivity index is 2.85. The number of hydrogen-bond donors (Lipinski definition) is 1. The van der Waals surface area contributed by atoms with Crippen molar-refractivity contribution in [3.63, 3.8) is 0 Å². The van der Waals surface area contributed by atoms with Crippen LogP contribution in [0.5, 0.6) is 0 Å². The molecule has 74 valence electrons. The van der Waals surface area contributed by atoms with Crippen LogP contribution in [0.2, 0.25) is 0 Å². The quantitative estimate of drug-likeness (QED) is 0.753. The first-order chi connectivity index (χ1) is 6.20. The van der Waals surface area contributed by atoms with E-state index in [1.54, 1.807) is 7.11 Å². The number of rotatable bonds is 4. The average molecular weight is 183 g/mol. The van der Waals surface area contributed by atoms with Crippen LogP contribution in [0.1, 0.15) is 24.3 Å². The van der Waals surface area contributed by atoms with E-state index in [2.05, 4.69) is 5.10 Å². The number of aromatic nitrogens is 2. The zero-order chi connectivity index (χ0) is 9.84. The molecule has 0 aliphatic rings. The summed E-state index contributed by atoms with van der Waals surface area (Å²) in [6.07, 6.45) is 1.95. The van der Waals surface area contributed by atoms with E-state index in [0.717, 1.165) is 17.8 Å². The van der Waals surface area contributed by atoms with Gasteiger partial charge in [0.1, 0.15) is 0 Å². The molecule has 1 aromatic heterocycles. The SMILES string of the molecule is COC(C)c1cnn(CCN)c1C. The predicted octanol–water partition coefficient (Wildman–Crippen LogP) is 0.858. The van der Waals surface area contributed by atoms with Gasteiger partial charge in [-0.15, -0.1) is 0 Å². The Kier molecular flexibility index (Phi) is 3.45. The highest BCUT2D eigenvalue weighted by Gasteiger charge is 2.11. The van der Waals surface area contributed by atoms with E-state index in [0.29, 0.717) is 6.54 Å². The summed E-state index contributed by atoms with van der Waals surface area (Å²) in [6.45, 7) is 5.43. The summed E-state index contributed by atoms with van der Waals surface area (Å²) in [6, 6.07) is 0. The summed E-state index contributed by atoms with van der Waals surface area (Å²) in [7, 11) is 1.70. The van der Waals surface area contributed by atoms with Crippen LogP contribution in [-0.2, 0) is 11.3 Å². The highest BCUT2D eigenvalue weighted by atomic mass is 16.5. The molecule has 1 rings (SSSR count). The molecule has 0 spiro atoms. The third-order valence-corrected chi connectivity index (χ3v) is 2.27. The topological polar surface area (TPSA) is 53.1 Å². The largest absolute Gasteiger partial charge is 0.377 e. The zero-order valence-electron chi connectivity index (χ0n) is 8.45. The summed E-state index contributed by atoms with van der Waals surface area (Å²) >= 11 is 0. The lowest BCUT2D eigenvalue weighted by molar-refractivity contribution is 0.119. The zero-order valence-corrected chi connectivity index (χ0v) is 8.45. The molecule has 4 nitrogen and oxygen atoms in total.